The van der Waals surface area contributed by atoms with E-state index in [-0.39, 0.29) is 11.4 Å². The van der Waals surface area contributed by atoms with E-state index in [1.165, 1.54) is 19.2 Å². The first-order chi connectivity index (χ1) is 8.01. The predicted octanol–water partition coefficient (Wildman–Crippen LogP) is -0.535. The van der Waals surface area contributed by atoms with Crippen LogP contribution >= 0.6 is 0 Å². The molecule has 0 aliphatic heterocycles. The highest BCUT2D eigenvalue weighted by Crippen LogP contribution is 2.08. The van der Waals surface area contributed by atoms with E-state index < -0.39 is 22.0 Å². The number of nitrogens with one attached hydrogen (secondary N) is 1. The van der Waals surface area contributed by atoms with Gasteiger partial charge in [0.2, 0.25) is 10.0 Å². The lowest BCUT2D eigenvalue weighted by Gasteiger charge is -2.14. The topological polar surface area (TPSA) is 98.5 Å². The van der Waals surface area contributed by atoms with Gasteiger partial charge < -0.3 is 10.5 Å². The summed E-state index contributed by atoms with van der Waals surface area (Å²) in [6.45, 7) is -0.168. The van der Waals surface area contributed by atoms with E-state index in [0.717, 1.165) is 0 Å². The molecule has 0 unspecified atom stereocenters. The van der Waals surface area contributed by atoms with Crippen LogP contribution in [0.15, 0.2) is 35.2 Å². The molecule has 0 aliphatic rings. The summed E-state index contributed by atoms with van der Waals surface area (Å²) >= 11 is 0. The van der Waals surface area contributed by atoms with E-state index in [9.17, 15) is 13.2 Å². The highest BCUT2D eigenvalue weighted by Gasteiger charge is 2.24. The highest BCUT2D eigenvalue weighted by molar-refractivity contribution is 7.89. The zero-order chi connectivity index (χ0) is 12.9. The fraction of sp³-hybridized carbons (Fsp3) is 0.300. The van der Waals surface area contributed by atoms with Gasteiger partial charge in [-0.1, -0.05) is 18.2 Å². The van der Waals surface area contributed by atoms with Crippen molar-refractivity contribution in [1.82, 2.24) is 4.72 Å². The molecule has 1 atom stereocenters. The number of ether oxygens (including phenoxy) is 1. The standard InChI is InChI=1S/C10H14N2O4S/c1-16-10(13)9(7-11)12-17(14,15)8-5-3-2-4-6-8/h2-6,9,12H,7,11H2,1H3/t9-/m0/s1. The Balaban J connectivity index is 2.90. The van der Waals surface area contributed by atoms with Crippen molar-refractivity contribution in [3.8, 4) is 0 Å². The van der Waals surface area contributed by atoms with Crippen molar-refractivity contribution >= 4 is 16.0 Å². The highest BCUT2D eigenvalue weighted by atomic mass is 32.2. The van der Waals surface area contributed by atoms with Crippen LogP contribution in [-0.4, -0.2) is 34.1 Å². The zero-order valence-corrected chi connectivity index (χ0v) is 10.1. The molecule has 0 amide bonds. The molecule has 17 heavy (non-hydrogen) atoms. The van der Waals surface area contributed by atoms with Crippen LogP contribution in [0.1, 0.15) is 0 Å². The Morgan fingerprint density at radius 1 is 1.41 bits per heavy atom. The SMILES string of the molecule is COC(=O)[C@H](CN)NS(=O)(=O)c1ccccc1. The Bertz CT molecular complexity index is 472. The van der Waals surface area contributed by atoms with Crippen LogP contribution in [0.2, 0.25) is 0 Å². The van der Waals surface area contributed by atoms with Crippen LogP contribution in [0.3, 0.4) is 0 Å². The Kier molecular flexibility index (Phi) is 4.62. The number of rotatable bonds is 5. The summed E-state index contributed by atoms with van der Waals surface area (Å²) < 4.78 is 30.3. The van der Waals surface area contributed by atoms with Crippen molar-refractivity contribution in [2.24, 2.45) is 5.73 Å². The van der Waals surface area contributed by atoms with E-state index in [4.69, 9.17) is 5.73 Å². The summed E-state index contributed by atoms with van der Waals surface area (Å²) in [4.78, 5) is 11.3. The summed E-state index contributed by atoms with van der Waals surface area (Å²) in [5.41, 5.74) is 5.31. The van der Waals surface area contributed by atoms with Gasteiger partial charge in [0.25, 0.3) is 0 Å². The van der Waals surface area contributed by atoms with Crippen molar-refractivity contribution in [2.75, 3.05) is 13.7 Å². The van der Waals surface area contributed by atoms with E-state index in [2.05, 4.69) is 9.46 Å². The van der Waals surface area contributed by atoms with E-state index in [1.54, 1.807) is 18.2 Å². The molecule has 1 aromatic carbocycles. The van der Waals surface area contributed by atoms with E-state index in [0.29, 0.717) is 0 Å². The number of hydrogen-bond acceptors (Lipinski definition) is 5. The number of nitrogens with two attached hydrogens (primary N) is 1. The fourth-order valence-corrected chi connectivity index (χ4v) is 2.41. The number of esters is 1. The van der Waals surface area contributed by atoms with Crippen LogP contribution in [0.5, 0.6) is 0 Å². The molecule has 0 radical (unpaired) electrons. The van der Waals surface area contributed by atoms with Crippen molar-refractivity contribution < 1.29 is 17.9 Å². The molecule has 7 heteroatoms. The van der Waals surface area contributed by atoms with Crippen LogP contribution in [0.25, 0.3) is 0 Å². The van der Waals surface area contributed by atoms with Crippen LogP contribution in [-0.2, 0) is 19.6 Å². The minimum Gasteiger partial charge on any atom is -0.468 e. The van der Waals surface area contributed by atoms with Gasteiger partial charge in [0.05, 0.1) is 12.0 Å². The molecule has 1 aromatic rings. The molecular weight excluding hydrogens is 244 g/mol. The summed E-state index contributed by atoms with van der Waals surface area (Å²) in [6.07, 6.45) is 0. The number of sulfonamides is 1. The lowest BCUT2D eigenvalue weighted by Crippen LogP contribution is -2.46. The van der Waals surface area contributed by atoms with Crippen molar-refractivity contribution in [1.29, 1.82) is 0 Å². The number of methoxy groups -OCH3 is 1. The first kappa shape index (κ1) is 13.6. The molecule has 0 saturated heterocycles. The molecule has 0 fully saturated rings. The minimum absolute atomic E-state index is 0.0716. The molecule has 94 valence electrons. The van der Waals surface area contributed by atoms with E-state index >= 15 is 0 Å². The average Bonchev–Trinajstić information content (AvgIpc) is 2.36. The molecule has 0 bridgehead atoms. The minimum atomic E-state index is -3.76. The van der Waals surface area contributed by atoms with Crippen molar-refractivity contribution in [3.63, 3.8) is 0 Å². The summed E-state index contributed by atoms with van der Waals surface area (Å²) in [5, 5.41) is 0. The largest absolute Gasteiger partial charge is 0.468 e. The number of carbonyl (C=O) groups excluding carboxylic acids is 1. The smallest absolute Gasteiger partial charge is 0.325 e. The quantitative estimate of drug-likeness (QED) is 0.691. The van der Waals surface area contributed by atoms with Crippen LogP contribution in [0, 0.1) is 0 Å². The second-order valence-corrected chi connectivity index (χ2v) is 4.96. The van der Waals surface area contributed by atoms with Gasteiger partial charge in [-0.2, -0.15) is 4.72 Å². The maximum Gasteiger partial charge on any atom is 0.325 e. The number of carbonyl (C=O) groups is 1. The van der Waals surface area contributed by atoms with Gasteiger partial charge in [-0.25, -0.2) is 8.42 Å². The Labute approximate surface area is 99.8 Å². The fourth-order valence-electron chi connectivity index (χ4n) is 1.19. The zero-order valence-electron chi connectivity index (χ0n) is 9.29. The maximum absolute atomic E-state index is 11.8. The molecule has 0 saturated carbocycles. The normalized spacial score (nSPS) is 13.1. The second-order valence-electron chi connectivity index (χ2n) is 3.25. The van der Waals surface area contributed by atoms with Crippen molar-refractivity contribution in [3.05, 3.63) is 30.3 Å². The van der Waals surface area contributed by atoms with Gasteiger partial charge in [0.15, 0.2) is 0 Å². The number of hydrogen-bond donors (Lipinski definition) is 2. The third-order valence-corrected chi connectivity index (χ3v) is 3.56. The van der Waals surface area contributed by atoms with Gasteiger partial charge in [-0.05, 0) is 12.1 Å². The van der Waals surface area contributed by atoms with Gasteiger partial charge in [0.1, 0.15) is 6.04 Å². The predicted molar refractivity (Wildman–Crippen MR) is 61.6 cm³/mol. The van der Waals surface area contributed by atoms with Gasteiger partial charge in [-0.3, -0.25) is 4.79 Å². The molecule has 0 spiro atoms. The average molecular weight is 258 g/mol. The number of benzene rings is 1. The molecule has 6 nitrogen and oxygen atoms in total. The molecule has 0 aromatic heterocycles. The first-order valence-electron chi connectivity index (χ1n) is 4.86. The lowest BCUT2D eigenvalue weighted by atomic mass is 10.3. The molecule has 3 N–H and O–H groups in total. The molecule has 0 heterocycles. The van der Waals surface area contributed by atoms with Crippen molar-refractivity contribution in [2.45, 2.75) is 10.9 Å². The summed E-state index contributed by atoms with van der Waals surface area (Å²) in [5.74, 6) is -0.716. The molecular formula is C10H14N2O4S. The van der Waals surface area contributed by atoms with Gasteiger partial charge in [-0.15, -0.1) is 0 Å². The third-order valence-electron chi connectivity index (χ3n) is 2.07. The second kappa shape index (κ2) is 5.76. The summed E-state index contributed by atoms with van der Waals surface area (Å²) in [7, 11) is -2.59. The maximum atomic E-state index is 11.8. The van der Waals surface area contributed by atoms with Gasteiger partial charge >= 0.3 is 5.97 Å². The van der Waals surface area contributed by atoms with Gasteiger partial charge in [0, 0.05) is 6.54 Å². The Hall–Kier alpha value is -1.44. The Morgan fingerprint density at radius 2 is 2.00 bits per heavy atom. The van der Waals surface area contributed by atoms with Crippen LogP contribution < -0.4 is 10.5 Å². The van der Waals surface area contributed by atoms with E-state index in [1.807, 2.05) is 0 Å². The third kappa shape index (κ3) is 3.52. The lowest BCUT2D eigenvalue weighted by molar-refractivity contribution is -0.142. The Morgan fingerprint density at radius 3 is 2.47 bits per heavy atom. The summed E-state index contributed by atoms with van der Waals surface area (Å²) in [6, 6.07) is 6.64. The monoisotopic (exact) mass is 258 g/mol. The molecule has 1 rings (SSSR count). The first-order valence-corrected chi connectivity index (χ1v) is 6.35. The van der Waals surface area contributed by atoms with Crippen LogP contribution in [0.4, 0.5) is 0 Å². The molecule has 0 aliphatic carbocycles.